The van der Waals surface area contributed by atoms with Crippen LogP contribution in [0.15, 0.2) is 57.5 Å². The van der Waals surface area contributed by atoms with Gasteiger partial charge in [0.25, 0.3) is 5.56 Å². The second kappa shape index (κ2) is 12.1. The molecule has 0 aliphatic carbocycles. The number of allylic oxidation sites excluding steroid dienone is 1. The summed E-state index contributed by atoms with van der Waals surface area (Å²) in [5.74, 6) is 0.0980. The van der Waals surface area contributed by atoms with Crippen LogP contribution >= 0.6 is 56.5 Å². The first kappa shape index (κ1) is 28.5. The fourth-order valence-electron chi connectivity index (χ4n) is 4.10. The molecule has 11 heteroatoms. The van der Waals surface area contributed by atoms with E-state index < -0.39 is 18.0 Å². The number of ether oxygens (including phenoxy) is 3. The first-order chi connectivity index (χ1) is 18.1. The second-order valence-electron chi connectivity index (χ2n) is 8.20. The Morgan fingerprint density at radius 2 is 1.84 bits per heavy atom. The third-order valence-corrected chi connectivity index (χ3v) is 8.00. The Balaban J connectivity index is 1.95. The molecule has 0 fully saturated rings. The number of carbonyl (C=O) groups excluding carboxylic acids is 2. The molecule has 0 amide bonds. The van der Waals surface area contributed by atoms with Gasteiger partial charge in [0.2, 0.25) is 0 Å². The lowest BCUT2D eigenvalue weighted by Gasteiger charge is -2.24. The molecule has 0 bridgehead atoms. The van der Waals surface area contributed by atoms with Crippen molar-refractivity contribution in [1.82, 2.24) is 4.57 Å². The topological polar surface area (TPSA) is 96.2 Å². The number of rotatable bonds is 7. The molecule has 1 aliphatic rings. The summed E-state index contributed by atoms with van der Waals surface area (Å²) in [6, 6.07) is 10.3. The Morgan fingerprint density at radius 1 is 1.13 bits per heavy atom. The monoisotopic (exact) mass is 758 g/mol. The summed E-state index contributed by atoms with van der Waals surface area (Å²) < 4.78 is 20.0. The molecule has 3 aromatic rings. The molecule has 4 rings (SSSR count). The van der Waals surface area contributed by atoms with Crippen molar-refractivity contribution in [2.75, 3.05) is 13.2 Å². The van der Waals surface area contributed by atoms with Gasteiger partial charge in [-0.25, -0.2) is 9.79 Å². The summed E-state index contributed by atoms with van der Waals surface area (Å²) in [5.41, 5.74) is 1.80. The van der Waals surface area contributed by atoms with E-state index in [0.29, 0.717) is 44.3 Å². The molecular weight excluding hydrogens is 734 g/mol. The number of hydrogen-bond donors (Lipinski definition) is 0. The van der Waals surface area contributed by atoms with Gasteiger partial charge in [0.15, 0.2) is 10.6 Å². The summed E-state index contributed by atoms with van der Waals surface area (Å²) in [7, 11) is 0. The van der Waals surface area contributed by atoms with E-state index in [1.807, 2.05) is 43.3 Å². The lowest BCUT2D eigenvalue weighted by Crippen LogP contribution is -2.39. The first-order valence-corrected chi connectivity index (χ1v) is 14.7. The fourth-order valence-corrected chi connectivity index (χ4v) is 7.14. The minimum atomic E-state index is -0.730. The molecular formula is C27H24I2N2O6S. The molecule has 0 N–H and O–H groups in total. The Morgan fingerprint density at radius 3 is 2.47 bits per heavy atom. The van der Waals surface area contributed by atoms with E-state index in [-0.39, 0.29) is 12.2 Å². The summed E-state index contributed by atoms with van der Waals surface area (Å²) in [6.45, 7) is 7.43. The van der Waals surface area contributed by atoms with Crippen molar-refractivity contribution in [1.29, 1.82) is 0 Å². The molecule has 0 saturated heterocycles. The summed E-state index contributed by atoms with van der Waals surface area (Å²) in [4.78, 5) is 43.8. The number of fused-ring (bicyclic) bond motifs is 1. The van der Waals surface area contributed by atoms with Crippen LogP contribution in [0.3, 0.4) is 0 Å². The van der Waals surface area contributed by atoms with Crippen LogP contribution in [0.5, 0.6) is 11.5 Å². The van der Waals surface area contributed by atoms with Crippen molar-refractivity contribution in [3.63, 3.8) is 0 Å². The van der Waals surface area contributed by atoms with Crippen molar-refractivity contribution in [3.8, 4) is 11.5 Å². The SMILES string of the molecule is CCOC(=O)C1=C(C)N=c2s/c(=C\c3cc(I)cc(I)c3OC(C)=O)c(=O)n2[C@H]1c1ccc(OCC)cc1. The molecule has 8 nitrogen and oxygen atoms in total. The van der Waals surface area contributed by atoms with E-state index in [4.69, 9.17) is 14.2 Å². The third kappa shape index (κ3) is 5.88. The Labute approximate surface area is 250 Å². The zero-order valence-corrected chi connectivity index (χ0v) is 26.2. The lowest BCUT2D eigenvalue weighted by atomic mass is 9.96. The van der Waals surface area contributed by atoms with E-state index in [1.54, 1.807) is 19.9 Å². The van der Waals surface area contributed by atoms with Gasteiger partial charge in [-0.1, -0.05) is 23.5 Å². The van der Waals surface area contributed by atoms with E-state index in [9.17, 15) is 14.4 Å². The number of carbonyl (C=O) groups is 2. The number of aromatic nitrogens is 1. The number of nitrogens with zero attached hydrogens (tertiary/aromatic N) is 2. The van der Waals surface area contributed by atoms with E-state index in [0.717, 1.165) is 12.7 Å². The molecule has 198 valence electrons. The Kier molecular flexibility index (Phi) is 9.08. The van der Waals surface area contributed by atoms with Gasteiger partial charge in [-0.05, 0) is 102 Å². The summed E-state index contributed by atoms with van der Waals surface area (Å²) >= 11 is 5.49. The Hall–Kier alpha value is -2.52. The first-order valence-electron chi connectivity index (χ1n) is 11.7. The standard InChI is InChI=1S/C27H24I2N2O6S/c1-5-35-19-9-7-16(8-10-19)23-22(26(34)36-6-2)14(3)30-27-31(23)25(33)21(38-27)12-17-11-18(28)13-20(29)24(17)37-15(4)32/h7-13,23H,5-6H2,1-4H3/b21-12-/t23-/m0/s1. The van der Waals surface area contributed by atoms with Crippen LogP contribution in [-0.4, -0.2) is 29.7 Å². The molecule has 1 aromatic heterocycles. The second-order valence-corrected chi connectivity index (χ2v) is 11.6. The predicted molar refractivity (Wildman–Crippen MR) is 161 cm³/mol. The number of benzene rings is 2. The molecule has 0 unspecified atom stereocenters. The smallest absolute Gasteiger partial charge is 0.338 e. The molecule has 0 radical (unpaired) electrons. The number of esters is 2. The maximum Gasteiger partial charge on any atom is 0.338 e. The van der Waals surface area contributed by atoms with Gasteiger partial charge in [0.05, 0.1) is 38.6 Å². The molecule has 1 aliphatic heterocycles. The van der Waals surface area contributed by atoms with Crippen molar-refractivity contribution in [3.05, 3.63) is 85.6 Å². The van der Waals surface area contributed by atoms with Gasteiger partial charge < -0.3 is 14.2 Å². The van der Waals surface area contributed by atoms with Crippen LogP contribution in [0.2, 0.25) is 0 Å². The molecule has 38 heavy (non-hydrogen) atoms. The molecule has 0 spiro atoms. The zero-order chi connectivity index (χ0) is 27.6. The van der Waals surface area contributed by atoms with Gasteiger partial charge in [-0.3, -0.25) is 14.2 Å². The van der Waals surface area contributed by atoms with Crippen molar-refractivity contribution < 1.29 is 23.8 Å². The number of thiazole rings is 1. The maximum absolute atomic E-state index is 13.9. The minimum Gasteiger partial charge on any atom is -0.494 e. The van der Waals surface area contributed by atoms with E-state index in [2.05, 4.69) is 50.2 Å². The van der Waals surface area contributed by atoms with Gasteiger partial charge in [-0.2, -0.15) is 0 Å². The average molecular weight is 758 g/mol. The highest BCUT2D eigenvalue weighted by Gasteiger charge is 2.33. The molecule has 2 aromatic carbocycles. The van der Waals surface area contributed by atoms with Crippen molar-refractivity contribution >= 4 is 74.5 Å². The van der Waals surface area contributed by atoms with Crippen LogP contribution in [-0.2, 0) is 14.3 Å². The fraction of sp³-hybridized carbons (Fsp3) is 0.259. The normalized spacial score (nSPS) is 15.1. The number of halogens is 2. The van der Waals surface area contributed by atoms with Crippen LogP contribution in [0, 0.1) is 7.14 Å². The van der Waals surface area contributed by atoms with Crippen LogP contribution in [0.4, 0.5) is 0 Å². The summed E-state index contributed by atoms with van der Waals surface area (Å²) in [6.07, 6.45) is 1.70. The van der Waals surface area contributed by atoms with Crippen LogP contribution in [0.25, 0.3) is 6.08 Å². The molecule has 0 saturated carbocycles. The average Bonchev–Trinajstić information content (AvgIpc) is 3.15. The van der Waals surface area contributed by atoms with Gasteiger partial charge >= 0.3 is 11.9 Å². The highest BCUT2D eigenvalue weighted by Crippen LogP contribution is 2.32. The van der Waals surface area contributed by atoms with Gasteiger partial charge in [-0.15, -0.1) is 0 Å². The molecule has 2 heterocycles. The quantitative estimate of drug-likeness (QED) is 0.203. The van der Waals surface area contributed by atoms with E-state index in [1.165, 1.54) is 22.8 Å². The van der Waals surface area contributed by atoms with Crippen LogP contribution < -0.4 is 24.4 Å². The number of hydrogen-bond acceptors (Lipinski definition) is 8. The third-order valence-electron chi connectivity index (χ3n) is 5.59. The van der Waals surface area contributed by atoms with E-state index >= 15 is 0 Å². The lowest BCUT2D eigenvalue weighted by molar-refractivity contribution is -0.139. The Bertz CT molecular complexity index is 1620. The minimum absolute atomic E-state index is 0.195. The highest BCUT2D eigenvalue weighted by atomic mass is 127. The van der Waals surface area contributed by atoms with Crippen LogP contribution in [0.1, 0.15) is 44.9 Å². The molecule has 1 atom stereocenters. The van der Waals surface area contributed by atoms with Crippen molar-refractivity contribution in [2.24, 2.45) is 4.99 Å². The predicted octanol–water partition coefficient (Wildman–Crippen LogP) is 4.33. The van der Waals surface area contributed by atoms with Gasteiger partial charge in [0.1, 0.15) is 5.75 Å². The largest absolute Gasteiger partial charge is 0.494 e. The zero-order valence-electron chi connectivity index (χ0n) is 21.0. The van der Waals surface area contributed by atoms with Gasteiger partial charge in [0, 0.05) is 16.1 Å². The van der Waals surface area contributed by atoms with Crippen molar-refractivity contribution in [2.45, 2.75) is 33.7 Å². The highest BCUT2D eigenvalue weighted by molar-refractivity contribution is 14.1. The summed E-state index contributed by atoms with van der Waals surface area (Å²) in [5, 5.41) is 0. The maximum atomic E-state index is 13.9.